The Kier molecular flexibility index (Phi) is 7.12. The Labute approximate surface area is 241 Å². The van der Waals surface area contributed by atoms with Gasteiger partial charge in [-0.3, -0.25) is 0 Å². The highest BCUT2D eigenvalue weighted by atomic mass is 35.5. The number of halogens is 1. The third-order valence-corrected chi connectivity index (χ3v) is 7.81. The zero-order valence-corrected chi connectivity index (χ0v) is 23.1. The van der Waals surface area contributed by atoms with Gasteiger partial charge in [-0.15, -0.1) is 5.10 Å². The van der Waals surface area contributed by atoms with Crippen LogP contribution < -0.4 is 35.9 Å². The summed E-state index contributed by atoms with van der Waals surface area (Å²) >= 11 is 0. The second kappa shape index (κ2) is 10.6. The van der Waals surface area contributed by atoms with E-state index in [2.05, 4.69) is 33.2 Å². The molecule has 1 saturated heterocycles. The molecule has 3 aliphatic rings. The van der Waals surface area contributed by atoms with Gasteiger partial charge in [0.1, 0.15) is 30.6 Å². The Bertz CT molecular complexity index is 1610. The smallest absolute Gasteiger partial charge is 0.231 e. The summed E-state index contributed by atoms with van der Waals surface area (Å²) in [5.41, 5.74) is 3.91. The maximum absolute atomic E-state index is 10.4. The monoisotopic (exact) mass is 584 g/mol. The van der Waals surface area contributed by atoms with E-state index in [0.717, 1.165) is 46.5 Å². The molecule has 0 aliphatic carbocycles. The minimum Gasteiger partial charge on any atom is -1.00 e. The topological polar surface area (TPSA) is 141 Å². The van der Waals surface area contributed by atoms with E-state index < -0.39 is 30.6 Å². The number of rotatable bonds is 5. The highest BCUT2D eigenvalue weighted by molar-refractivity contribution is 5.91. The zero-order chi connectivity index (χ0) is 27.5. The van der Waals surface area contributed by atoms with Gasteiger partial charge in [-0.1, -0.05) is 5.21 Å². The van der Waals surface area contributed by atoms with Crippen LogP contribution >= 0.6 is 0 Å². The van der Waals surface area contributed by atoms with Crippen molar-refractivity contribution < 1.29 is 56.0 Å². The Hall–Kier alpha value is -3.68. The van der Waals surface area contributed by atoms with E-state index in [1.165, 1.54) is 10.2 Å². The molecule has 12 nitrogen and oxygen atoms in total. The third kappa shape index (κ3) is 4.61. The number of aryl methyl sites for hydroxylation is 2. The highest BCUT2D eigenvalue weighted by Crippen LogP contribution is 2.42. The molecule has 2 aromatic heterocycles. The van der Waals surface area contributed by atoms with Gasteiger partial charge in [0.05, 0.1) is 30.4 Å². The van der Waals surface area contributed by atoms with Crippen molar-refractivity contribution in [3.63, 3.8) is 0 Å². The van der Waals surface area contributed by atoms with Crippen LogP contribution in [-0.2, 0) is 24.3 Å². The van der Waals surface area contributed by atoms with E-state index in [4.69, 9.17) is 23.7 Å². The van der Waals surface area contributed by atoms with Gasteiger partial charge in [0, 0.05) is 12.5 Å². The Balaban J connectivity index is 0.00000302. The Morgan fingerprint density at radius 2 is 1.88 bits per heavy atom. The molecule has 216 valence electrons. The maximum atomic E-state index is 10.4. The molecule has 3 N–H and O–H groups in total. The number of aliphatic hydroxyl groups excluding tert-OH is 3. The van der Waals surface area contributed by atoms with Gasteiger partial charge in [-0.05, 0) is 42.1 Å². The molecule has 4 aromatic rings. The van der Waals surface area contributed by atoms with Gasteiger partial charge in [-0.25, -0.2) is 4.68 Å². The van der Waals surface area contributed by atoms with Crippen LogP contribution in [0.5, 0.6) is 23.0 Å². The van der Waals surface area contributed by atoms with Crippen LogP contribution in [0.3, 0.4) is 0 Å². The number of hydrogen-bond acceptors (Lipinski definition) is 10. The molecular weight excluding hydrogens is 556 g/mol. The molecule has 3 aliphatic heterocycles. The molecule has 1 fully saturated rings. The van der Waals surface area contributed by atoms with Gasteiger partial charge in [0.15, 0.2) is 42.0 Å². The molecular formula is C28H29ClN4O8. The minimum absolute atomic E-state index is 0. The molecule has 0 radical (unpaired) electrons. The lowest BCUT2D eigenvalue weighted by molar-refractivity contribution is -0.686. The average molecular weight is 585 g/mol. The fourth-order valence-electron chi connectivity index (χ4n) is 5.60. The van der Waals surface area contributed by atoms with E-state index in [9.17, 15) is 15.3 Å². The van der Waals surface area contributed by atoms with Crippen LogP contribution in [0.2, 0.25) is 0 Å². The summed E-state index contributed by atoms with van der Waals surface area (Å²) in [6, 6.07) is 10.1. The SMILES string of the molecule is COc1ccc2cc3[n+](cc2c1OCc1cn([C@@H]2O[C@@H](C)[C@H](O)[C@@H](O)[C@H]2O)nn1)CCc1cc2c(cc1-3)OCO2.[Cl-]. The fourth-order valence-corrected chi connectivity index (χ4v) is 5.60. The first-order chi connectivity index (χ1) is 19.4. The quantitative estimate of drug-likeness (QED) is 0.232. The summed E-state index contributed by atoms with van der Waals surface area (Å²) in [5, 5.41) is 40.6. The molecule has 5 heterocycles. The summed E-state index contributed by atoms with van der Waals surface area (Å²) < 4.78 is 32.3. The molecule has 0 unspecified atom stereocenters. The summed E-state index contributed by atoms with van der Waals surface area (Å²) in [5.74, 6) is 2.70. The van der Waals surface area contributed by atoms with Gasteiger partial charge >= 0.3 is 0 Å². The first-order valence-corrected chi connectivity index (χ1v) is 13.1. The predicted molar refractivity (Wildman–Crippen MR) is 138 cm³/mol. The van der Waals surface area contributed by atoms with Crippen LogP contribution in [0.1, 0.15) is 24.4 Å². The number of benzene rings is 2. The van der Waals surface area contributed by atoms with Gasteiger partial charge in [0.2, 0.25) is 12.5 Å². The van der Waals surface area contributed by atoms with E-state index in [-0.39, 0.29) is 25.8 Å². The van der Waals surface area contributed by atoms with Crippen molar-refractivity contribution in [3.05, 3.63) is 54.0 Å². The zero-order valence-electron chi connectivity index (χ0n) is 22.3. The number of nitrogens with zero attached hydrogens (tertiary/aromatic N) is 4. The van der Waals surface area contributed by atoms with E-state index in [1.807, 2.05) is 18.2 Å². The van der Waals surface area contributed by atoms with E-state index in [0.29, 0.717) is 17.2 Å². The van der Waals surface area contributed by atoms with Crippen molar-refractivity contribution in [2.24, 2.45) is 0 Å². The van der Waals surface area contributed by atoms with Crippen molar-refractivity contribution in [2.75, 3.05) is 13.9 Å². The Morgan fingerprint density at radius 3 is 2.68 bits per heavy atom. The summed E-state index contributed by atoms with van der Waals surface area (Å²) in [6.07, 6.45) is -1.10. The lowest BCUT2D eigenvalue weighted by Gasteiger charge is -2.38. The summed E-state index contributed by atoms with van der Waals surface area (Å²) in [6.45, 7) is 2.73. The molecule has 0 amide bonds. The second-order valence-corrected chi connectivity index (χ2v) is 10.2. The van der Waals surface area contributed by atoms with E-state index in [1.54, 1.807) is 20.2 Å². The van der Waals surface area contributed by atoms with E-state index >= 15 is 0 Å². The highest BCUT2D eigenvalue weighted by Gasteiger charge is 2.43. The van der Waals surface area contributed by atoms with Crippen molar-refractivity contribution in [3.8, 4) is 34.3 Å². The molecule has 0 bridgehead atoms. The lowest BCUT2D eigenvalue weighted by Crippen LogP contribution is -3.00. The molecule has 2 aromatic carbocycles. The first-order valence-electron chi connectivity index (χ1n) is 13.1. The number of fused-ring (bicyclic) bond motifs is 5. The molecule has 41 heavy (non-hydrogen) atoms. The minimum atomic E-state index is -1.37. The number of pyridine rings is 1. The van der Waals surface area contributed by atoms with Crippen molar-refractivity contribution >= 4 is 10.8 Å². The number of hydrogen-bond donors (Lipinski definition) is 3. The summed E-state index contributed by atoms with van der Waals surface area (Å²) in [7, 11) is 1.59. The Morgan fingerprint density at radius 1 is 1.07 bits per heavy atom. The molecule has 0 saturated carbocycles. The molecule has 0 spiro atoms. The summed E-state index contributed by atoms with van der Waals surface area (Å²) in [4.78, 5) is 0. The third-order valence-electron chi connectivity index (χ3n) is 7.81. The average Bonchev–Trinajstić information content (AvgIpc) is 3.64. The van der Waals surface area contributed by atoms with Crippen LogP contribution in [-0.4, -0.2) is 68.6 Å². The predicted octanol–water partition coefficient (Wildman–Crippen LogP) is -1.74. The van der Waals surface area contributed by atoms with Crippen LogP contribution in [0.15, 0.2) is 42.7 Å². The van der Waals surface area contributed by atoms with Crippen LogP contribution in [0.25, 0.3) is 22.0 Å². The van der Waals surface area contributed by atoms with Gasteiger partial charge in [0.25, 0.3) is 0 Å². The van der Waals surface area contributed by atoms with Crippen LogP contribution in [0, 0.1) is 0 Å². The maximum Gasteiger partial charge on any atom is 0.231 e. The van der Waals surface area contributed by atoms with Gasteiger partial charge < -0.3 is 51.4 Å². The number of methoxy groups -OCH3 is 1. The normalized spacial score (nSPS) is 24.4. The first kappa shape index (κ1) is 27.5. The number of aliphatic hydroxyl groups is 3. The lowest BCUT2D eigenvalue weighted by atomic mass is 9.95. The molecule has 13 heteroatoms. The van der Waals surface area contributed by atoms with Gasteiger partial charge in [-0.2, -0.15) is 4.57 Å². The number of aromatic nitrogens is 4. The van der Waals surface area contributed by atoms with Crippen molar-refractivity contribution in [1.29, 1.82) is 0 Å². The van der Waals surface area contributed by atoms with Crippen LogP contribution in [0.4, 0.5) is 0 Å². The van der Waals surface area contributed by atoms with Crippen molar-refractivity contribution in [1.82, 2.24) is 15.0 Å². The largest absolute Gasteiger partial charge is 1.00 e. The molecule has 7 rings (SSSR count). The van der Waals surface area contributed by atoms with Crippen molar-refractivity contribution in [2.45, 2.75) is 57.1 Å². The second-order valence-electron chi connectivity index (χ2n) is 10.2. The number of ether oxygens (including phenoxy) is 5. The molecule has 5 atom stereocenters. The fraction of sp³-hybridized carbons (Fsp3) is 0.393. The standard InChI is InChI=1S/C28H29N4O8.ClH/c1-14-24(33)25(34)26(35)28(40-14)32-10-17(29-30-32)12-37-27-19-11-31-6-5-16-8-22-23(39-13-38-22)9-18(16)20(31)7-15(19)3-4-21(27)36-2;/h3-4,7-11,14,24-26,28,33-35H,5-6,12-13H2,1-2H3;1H/q+1;/p-1/t14-,24-,25+,26+,28+;/m0./s1.